The molecule has 0 saturated heterocycles. The summed E-state index contributed by atoms with van der Waals surface area (Å²) in [5.41, 5.74) is 1.55. The summed E-state index contributed by atoms with van der Waals surface area (Å²) in [5.74, 6) is -0.391. The summed E-state index contributed by atoms with van der Waals surface area (Å²) in [6.07, 6.45) is 1.58. The minimum atomic E-state index is -1.21. The van der Waals surface area contributed by atoms with Crippen molar-refractivity contribution in [1.29, 1.82) is 0 Å². The summed E-state index contributed by atoms with van der Waals surface area (Å²) >= 11 is 0. The zero-order chi connectivity index (χ0) is 27.2. The molecule has 3 aromatic carbocycles. The van der Waals surface area contributed by atoms with Gasteiger partial charge in [-0.05, 0) is 54.1 Å². The van der Waals surface area contributed by atoms with Gasteiger partial charge in [-0.1, -0.05) is 12.1 Å². The van der Waals surface area contributed by atoms with Crippen molar-refractivity contribution in [3.05, 3.63) is 83.1 Å². The molecular formula is C28H25NO9. The Morgan fingerprint density at radius 1 is 1.00 bits per heavy atom. The number of aromatic hydroxyl groups is 1. The van der Waals surface area contributed by atoms with E-state index in [1.54, 1.807) is 36.4 Å². The van der Waals surface area contributed by atoms with Crippen LogP contribution in [0.2, 0.25) is 0 Å². The number of Topliss-reactive ketones (excluding diaryl/α,β-unsaturated/α-hetero) is 1. The number of carbonyl (C=O) groups is 3. The van der Waals surface area contributed by atoms with Crippen molar-refractivity contribution in [3.63, 3.8) is 0 Å². The molecule has 10 nitrogen and oxygen atoms in total. The highest BCUT2D eigenvalue weighted by Crippen LogP contribution is 2.36. The van der Waals surface area contributed by atoms with Crippen LogP contribution >= 0.6 is 0 Å². The number of phenolic OH excluding ortho intramolecular Hbond substituents is 1. The average molecular weight is 520 g/mol. The number of aliphatic carboxylic acids is 1. The van der Waals surface area contributed by atoms with Crippen LogP contribution in [0.25, 0.3) is 6.08 Å². The van der Waals surface area contributed by atoms with E-state index in [-0.39, 0.29) is 35.2 Å². The molecule has 0 spiro atoms. The Morgan fingerprint density at radius 3 is 2.42 bits per heavy atom. The third kappa shape index (κ3) is 6.04. The van der Waals surface area contributed by atoms with Crippen LogP contribution in [0.4, 0.5) is 0 Å². The first-order chi connectivity index (χ1) is 18.3. The quantitative estimate of drug-likeness (QED) is 0.344. The number of hydrogen-bond acceptors (Lipinski definition) is 8. The molecule has 38 heavy (non-hydrogen) atoms. The number of fused-ring (bicyclic) bond motifs is 1. The van der Waals surface area contributed by atoms with Gasteiger partial charge in [0.15, 0.2) is 12.4 Å². The number of carbonyl (C=O) groups excluding carboxylic acids is 2. The van der Waals surface area contributed by atoms with Gasteiger partial charge in [-0.3, -0.25) is 9.59 Å². The molecule has 1 amide bonds. The molecule has 1 unspecified atom stereocenters. The predicted octanol–water partition coefficient (Wildman–Crippen LogP) is 3.22. The number of carboxylic acid groups (broad SMARTS) is 1. The second-order valence-electron chi connectivity index (χ2n) is 8.32. The Balaban J connectivity index is 1.40. The Morgan fingerprint density at radius 2 is 1.74 bits per heavy atom. The Bertz CT molecular complexity index is 1400. The highest BCUT2D eigenvalue weighted by molar-refractivity contribution is 6.14. The van der Waals surface area contributed by atoms with Crippen molar-refractivity contribution in [1.82, 2.24) is 5.32 Å². The molecule has 1 aliphatic rings. The average Bonchev–Trinajstić information content (AvgIpc) is 3.22. The minimum absolute atomic E-state index is 0.0311. The lowest BCUT2D eigenvalue weighted by Gasteiger charge is -2.15. The summed E-state index contributed by atoms with van der Waals surface area (Å²) in [7, 11) is 3.05. The highest BCUT2D eigenvalue weighted by Gasteiger charge is 2.28. The molecule has 0 saturated carbocycles. The van der Waals surface area contributed by atoms with Gasteiger partial charge in [0.25, 0.3) is 5.91 Å². The first kappa shape index (κ1) is 26.1. The first-order valence-electron chi connectivity index (χ1n) is 11.5. The van der Waals surface area contributed by atoms with E-state index in [0.29, 0.717) is 28.2 Å². The third-order valence-corrected chi connectivity index (χ3v) is 5.74. The van der Waals surface area contributed by atoms with E-state index in [0.717, 1.165) is 0 Å². The summed E-state index contributed by atoms with van der Waals surface area (Å²) in [4.78, 5) is 36.8. The van der Waals surface area contributed by atoms with Gasteiger partial charge in [0.05, 0.1) is 19.8 Å². The van der Waals surface area contributed by atoms with E-state index < -0.39 is 24.5 Å². The van der Waals surface area contributed by atoms with Crippen LogP contribution in [0.15, 0.2) is 66.4 Å². The van der Waals surface area contributed by atoms with Gasteiger partial charge >= 0.3 is 5.97 Å². The van der Waals surface area contributed by atoms with Crippen molar-refractivity contribution in [2.24, 2.45) is 0 Å². The number of phenols is 1. The number of benzene rings is 3. The lowest BCUT2D eigenvalue weighted by Crippen LogP contribution is -2.44. The van der Waals surface area contributed by atoms with Gasteiger partial charge in [0.2, 0.25) is 5.78 Å². The van der Waals surface area contributed by atoms with E-state index in [2.05, 4.69) is 5.32 Å². The van der Waals surface area contributed by atoms with Crippen molar-refractivity contribution in [2.75, 3.05) is 20.8 Å². The van der Waals surface area contributed by atoms with E-state index in [1.807, 2.05) is 0 Å². The lowest BCUT2D eigenvalue weighted by atomic mass is 10.1. The van der Waals surface area contributed by atoms with Crippen LogP contribution in [0.5, 0.6) is 28.7 Å². The molecule has 10 heteroatoms. The zero-order valence-corrected chi connectivity index (χ0v) is 20.6. The van der Waals surface area contributed by atoms with Gasteiger partial charge in [0.1, 0.15) is 34.8 Å². The van der Waals surface area contributed by atoms with Gasteiger partial charge in [-0.25, -0.2) is 4.79 Å². The predicted molar refractivity (Wildman–Crippen MR) is 136 cm³/mol. The number of hydrogen-bond donors (Lipinski definition) is 3. The van der Waals surface area contributed by atoms with E-state index in [1.165, 1.54) is 44.6 Å². The van der Waals surface area contributed by atoms with Crippen LogP contribution in [-0.2, 0) is 16.0 Å². The normalized spacial score (nSPS) is 13.8. The Labute approximate surface area is 218 Å². The van der Waals surface area contributed by atoms with Crippen LogP contribution in [-0.4, -0.2) is 54.7 Å². The maximum Gasteiger partial charge on any atom is 0.326 e. The standard InChI is InChI=1S/C28H25NO9/c1-35-19-8-10-23(36-2)17(12-19)13-25-27(32)21-9-7-20(14-24(21)38-25)37-15-26(31)29-22(28(33)34)11-16-3-5-18(30)6-4-16/h3-10,12-14,22,30H,11,15H2,1-2H3,(H,29,31)(H,33,34). The number of amides is 1. The lowest BCUT2D eigenvalue weighted by molar-refractivity contribution is -0.142. The maximum atomic E-state index is 12.8. The molecular weight excluding hydrogens is 494 g/mol. The third-order valence-electron chi connectivity index (χ3n) is 5.74. The summed E-state index contributed by atoms with van der Waals surface area (Å²) in [6, 6.07) is 14.5. The Hall–Kier alpha value is -4.99. The fourth-order valence-corrected chi connectivity index (χ4v) is 3.80. The second kappa shape index (κ2) is 11.4. The van der Waals surface area contributed by atoms with Crippen LogP contribution in [0.3, 0.4) is 0 Å². The minimum Gasteiger partial charge on any atom is -0.508 e. The van der Waals surface area contributed by atoms with Gasteiger partial charge in [0, 0.05) is 18.1 Å². The molecule has 4 rings (SSSR count). The van der Waals surface area contributed by atoms with Crippen molar-refractivity contribution in [2.45, 2.75) is 12.5 Å². The van der Waals surface area contributed by atoms with Gasteiger partial charge in [-0.15, -0.1) is 0 Å². The molecule has 0 aliphatic carbocycles. The van der Waals surface area contributed by atoms with E-state index >= 15 is 0 Å². The number of rotatable bonds is 10. The number of ether oxygens (including phenoxy) is 4. The number of ketones is 1. The molecule has 3 aromatic rings. The summed E-state index contributed by atoms with van der Waals surface area (Å²) in [5, 5.41) is 21.3. The van der Waals surface area contributed by atoms with E-state index in [4.69, 9.17) is 18.9 Å². The number of carboxylic acids is 1. The van der Waals surface area contributed by atoms with Crippen LogP contribution in [0, 0.1) is 0 Å². The topological polar surface area (TPSA) is 141 Å². The zero-order valence-electron chi connectivity index (χ0n) is 20.6. The summed E-state index contributed by atoms with van der Waals surface area (Å²) < 4.78 is 21.9. The van der Waals surface area contributed by atoms with E-state index in [9.17, 15) is 24.6 Å². The highest BCUT2D eigenvalue weighted by atomic mass is 16.5. The number of methoxy groups -OCH3 is 2. The van der Waals surface area contributed by atoms with Gasteiger partial charge < -0.3 is 34.5 Å². The number of allylic oxidation sites excluding steroid dienone is 1. The molecule has 196 valence electrons. The van der Waals surface area contributed by atoms with Crippen LogP contribution < -0.4 is 24.3 Å². The Kier molecular flexibility index (Phi) is 7.81. The maximum absolute atomic E-state index is 12.8. The molecule has 3 N–H and O–H groups in total. The molecule has 0 radical (unpaired) electrons. The SMILES string of the molecule is COc1ccc(OC)c(C=C2Oc3cc(OCC(=O)NC(Cc4ccc(O)cc4)C(=O)O)ccc3C2=O)c1. The number of nitrogens with one attached hydrogen (secondary N) is 1. The van der Waals surface area contributed by atoms with Crippen molar-refractivity contribution in [3.8, 4) is 28.7 Å². The summed E-state index contributed by atoms with van der Waals surface area (Å²) in [6.45, 7) is -0.449. The molecule has 0 aromatic heterocycles. The molecule has 1 heterocycles. The van der Waals surface area contributed by atoms with Crippen molar-refractivity contribution >= 4 is 23.7 Å². The van der Waals surface area contributed by atoms with Gasteiger partial charge in [-0.2, -0.15) is 0 Å². The van der Waals surface area contributed by atoms with Crippen molar-refractivity contribution < 1.29 is 43.5 Å². The fraction of sp³-hybridized carbons (Fsp3) is 0.179. The largest absolute Gasteiger partial charge is 0.508 e. The molecule has 0 bridgehead atoms. The molecule has 0 fully saturated rings. The first-order valence-corrected chi connectivity index (χ1v) is 11.5. The fourth-order valence-electron chi connectivity index (χ4n) is 3.80. The monoisotopic (exact) mass is 519 g/mol. The smallest absolute Gasteiger partial charge is 0.326 e. The van der Waals surface area contributed by atoms with Crippen LogP contribution in [0.1, 0.15) is 21.5 Å². The molecule has 1 aliphatic heterocycles. The second-order valence-corrected chi connectivity index (χ2v) is 8.32. The molecule has 1 atom stereocenters.